The summed E-state index contributed by atoms with van der Waals surface area (Å²) in [6.45, 7) is 4.12. The van der Waals surface area contributed by atoms with Gasteiger partial charge in [0.1, 0.15) is 11.3 Å². The predicted molar refractivity (Wildman–Crippen MR) is 85.9 cm³/mol. The third kappa shape index (κ3) is 2.17. The van der Waals surface area contributed by atoms with E-state index in [1.807, 2.05) is 24.3 Å². The Labute approximate surface area is 126 Å². The third-order valence-electron chi connectivity index (χ3n) is 3.65. The van der Waals surface area contributed by atoms with Gasteiger partial charge in [0.25, 0.3) is 0 Å². The number of hydrogen-bond acceptors (Lipinski definition) is 2. The molecule has 0 aliphatic carbocycles. The van der Waals surface area contributed by atoms with Crippen LogP contribution in [0.4, 0.5) is 0 Å². The number of aryl methyl sites for hydroxylation is 2. The minimum absolute atomic E-state index is 0.265. The first kappa shape index (κ1) is 13.4. The SMILES string of the molecule is Cc1ccc2c(C)c(C(N)c3ccccc3Br)oc2c1. The van der Waals surface area contributed by atoms with Crippen molar-refractivity contribution in [1.29, 1.82) is 0 Å². The summed E-state index contributed by atoms with van der Waals surface area (Å²) in [5.41, 5.74) is 10.6. The Morgan fingerprint density at radius 1 is 1.10 bits per heavy atom. The first-order chi connectivity index (χ1) is 9.58. The normalized spacial score (nSPS) is 12.8. The van der Waals surface area contributed by atoms with Gasteiger partial charge >= 0.3 is 0 Å². The maximum Gasteiger partial charge on any atom is 0.134 e. The van der Waals surface area contributed by atoms with Crippen molar-refractivity contribution in [3.05, 3.63) is 69.4 Å². The molecule has 0 amide bonds. The summed E-state index contributed by atoms with van der Waals surface area (Å²) < 4.78 is 7.01. The molecule has 0 aliphatic heterocycles. The van der Waals surface area contributed by atoms with E-state index in [-0.39, 0.29) is 6.04 Å². The van der Waals surface area contributed by atoms with Crippen molar-refractivity contribution in [2.75, 3.05) is 0 Å². The number of nitrogens with two attached hydrogens (primary N) is 1. The number of fused-ring (bicyclic) bond motifs is 1. The van der Waals surface area contributed by atoms with Crippen molar-refractivity contribution < 1.29 is 4.42 Å². The van der Waals surface area contributed by atoms with E-state index < -0.39 is 0 Å². The van der Waals surface area contributed by atoms with Gasteiger partial charge in [-0.1, -0.05) is 46.3 Å². The molecule has 3 heteroatoms. The highest BCUT2D eigenvalue weighted by molar-refractivity contribution is 9.10. The highest BCUT2D eigenvalue weighted by Gasteiger charge is 2.20. The van der Waals surface area contributed by atoms with Crippen LogP contribution in [-0.4, -0.2) is 0 Å². The fraction of sp³-hybridized carbons (Fsp3) is 0.176. The zero-order chi connectivity index (χ0) is 14.3. The van der Waals surface area contributed by atoms with Crippen LogP contribution in [0.15, 0.2) is 51.4 Å². The maximum atomic E-state index is 6.40. The van der Waals surface area contributed by atoms with Gasteiger partial charge in [0.2, 0.25) is 0 Å². The van der Waals surface area contributed by atoms with Crippen molar-refractivity contribution in [1.82, 2.24) is 0 Å². The Balaban J connectivity index is 2.15. The summed E-state index contributed by atoms with van der Waals surface area (Å²) in [7, 11) is 0. The Hall–Kier alpha value is -1.58. The van der Waals surface area contributed by atoms with E-state index in [1.165, 1.54) is 5.56 Å². The molecule has 0 fully saturated rings. The van der Waals surface area contributed by atoms with E-state index in [4.69, 9.17) is 10.2 Å². The summed E-state index contributed by atoms with van der Waals surface area (Å²) in [5.74, 6) is 0.831. The highest BCUT2D eigenvalue weighted by atomic mass is 79.9. The molecule has 0 saturated heterocycles. The van der Waals surface area contributed by atoms with Crippen LogP contribution in [0.25, 0.3) is 11.0 Å². The standard InChI is InChI=1S/C17H16BrNO/c1-10-7-8-12-11(2)17(20-15(12)9-10)16(19)13-5-3-4-6-14(13)18/h3-9,16H,19H2,1-2H3. The zero-order valence-electron chi connectivity index (χ0n) is 11.5. The lowest BCUT2D eigenvalue weighted by Crippen LogP contribution is -2.12. The number of halogens is 1. The molecule has 3 aromatic rings. The van der Waals surface area contributed by atoms with Gasteiger partial charge in [0, 0.05) is 15.4 Å². The number of benzene rings is 2. The lowest BCUT2D eigenvalue weighted by molar-refractivity contribution is 0.520. The first-order valence-corrected chi connectivity index (χ1v) is 7.37. The van der Waals surface area contributed by atoms with Crippen molar-refractivity contribution >= 4 is 26.9 Å². The van der Waals surface area contributed by atoms with Gasteiger partial charge in [-0.15, -0.1) is 0 Å². The molecule has 0 bridgehead atoms. The fourth-order valence-electron chi connectivity index (χ4n) is 2.52. The van der Waals surface area contributed by atoms with Crippen molar-refractivity contribution in [3.8, 4) is 0 Å². The summed E-state index contributed by atoms with van der Waals surface area (Å²) in [4.78, 5) is 0. The molecule has 0 saturated carbocycles. The Kier molecular flexibility index (Phi) is 3.40. The van der Waals surface area contributed by atoms with Crippen molar-refractivity contribution in [3.63, 3.8) is 0 Å². The molecule has 1 aromatic heterocycles. The van der Waals surface area contributed by atoms with Gasteiger partial charge in [-0.3, -0.25) is 0 Å². The minimum Gasteiger partial charge on any atom is -0.459 e. The summed E-state index contributed by atoms with van der Waals surface area (Å²) in [6, 6.07) is 14.0. The van der Waals surface area contributed by atoms with Gasteiger partial charge in [0.05, 0.1) is 6.04 Å². The highest BCUT2D eigenvalue weighted by Crippen LogP contribution is 2.34. The molecule has 3 rings (SSSR count). The third-order valence-corrected chi connectivity index (χ3v) is 4.38. The van der Waals surface area contributed by atoms with Gasteiger partial charge < -0.3 is 10.2 Å². The second kappa shape index (κ2) is 5.08. The summed E-state index contributed by atoms with van der Waals surface area (Å²) in [5, 5.41) is 1.13. The van der Waals surface area contributed by atoms with E-state index in [1.54, 1.807) is 0 Å². The number of hydrogen-bond donors (Lipinski definition) is 1. The minimum atomic E-state index is -0.265. The summed E-state index contributed by atoms with van der Waals surface area (Å²) >= 11 is 3.55. The van der Waals surface area contributed by atoms with Crippen LogP contribution in [0.5, 0.6) is 0 Å². The average molecular weight is 330 g/mol. The molecule has 102 valence electrons. The van der Waals surface area contributed by atoms with Crippen LogP contribution >= 0.6 is 15.9 Å². The molecule has 20 heavy (non-hydrogen) atoms. The van der Waals surface area contributed by atoms with Crippen LogP contribution < -0.4 is 5.73 Å². The quantitative estimate of drug-likeness (QED) is 0.729. The number of furan rings is 1. The van der Waals surface area contributed by atoms with E-state index in [9.17, 15) is 0 Å². The van der Waals surface area contributed by atoms with Gasteiger partial charge in [-0.25, -0.2) is 0 Å². The molecule has 1 atom stereocenters. The second-order valence-electron chi connectivity index (χ2n) is 5.09. The molecule has 1 unspecified atom stereocenters. The maximum absolute atomic E-state index is 6.40. The Bertz CT molecular complexity index is 776. The Morgan fingerprint density at radius 3 is 2.60 bits per heavy atom. The lowest BCUT2D eigenvalue weighted by Gasteiger charge is -2.12. The molecule has 0 aliphatic rings. The topological polar surface area (TPSA) is 39.2 Å². The first-order valence-electron chi connectivity index (χ1n) is 6.57. The molecule has 0 spiro atoms. The van der Waals surface area contributed by atoms with Crippen molar-refractivity contribution in [2.24, 2.45) is 5.73 Å². The van der Waals surface area contributed by atoms with Crippen LogP contribution in [0.3, 0.4) is 0 Å². The van der Waals surface area contributed by atoms with Gasteiger partial charge in [-0.05, 0) is 37.1 Å². The monoisotopic (exact) mass is 329 g/mol. The van der Waals surface area contributed by atoms with E-state index in [0.717, 1.165) is 32.3 Å². The molecular weight excluding hydrogens is 314 g/mol. The fourth-order valence-corrected chi connectivity index (χ4v) is 3.05. The van der Waals surface area contributed by atoms with Crippen LogP contribution in [-0.2, 0) is 0 Å². The van der Waals surface area contributed by atoms with Crippen LogP contribution in [0.1, 0.15) is 28.5 Å². The molecule has 2 N–H and O–H groups in total. The van der Waals surface area contributed by atoms with Crippen LogP contribution in [0, 0.1) is 13.8 Å². The molecule has 2 aromatic carbocycles. The van der Waals surface area contributed by atoms with Crippen LogP contribution in [0.2, 0.25) is 0 Å². The van der Waals surface area contributed by atoms with Gasteiger partial charge in [0.15, 0.2) is 0 Å². The Morgan fingerprint density at radius 2 is 1.85 bits per heavy atom. The molecule has 0 radical (unpaired) electrons. The van der Waals surface area contributed by atoms with Gasteiger partial charge in [-0.2, -0.15) is 0 Å². The van der Waals surface area contributed by atoms with Crippen molar-refractivity contribution in [2.45, 2.75) is 19.9 Å². The summed E-state index contributed by atoms with van der Waals surface area (Å²) in [6.07, 6.45) is 0. The second-order valence-corrected chi connectivity index (χ2v) is 5.94. The average Bonchev–Trinajstić information content (AvgIpc) is 2.75. The molecule has 1 heterocycles. The van der Waals surface area contributed by atoms with E-state index in [2.05, 4.69) is 48.0 Å². The largest absolute Gasteiger partial charge is 0.459 e. The smallest absolute Gasteiger partial charge is 0.134 e. The zero-order valence-corrected chi connectivity index (χ0v) is 13.1. The van der Waals surface area contributed by atoms with E-state index >= 15 is 0 Å². The van der Waals surface area contributed by atoms with E-state index in [0.29, 0.717) is 0 Å². The molecular formula is C17H16BrNO. The predicted octanol–water partition coefficient (Wildman–Crippen LogP) is 4.86. The molecule has 2 nitrogen and oxygen atoms in total. The lowest BCUT2D eigenvalue weighted by atomic mass is 10.0. The number of rotatable bonds is 2.